The molecule has 0 radical (unpaired) electrons. The molecule has 0 spiro atoms. The van der Waals surface area contributed by atoms with Crippen molar-refractivity contribution in [3.05, 3.63) is 23.5 Å². The summed E-state index contributed by atoms with van der Waals surface area (Å²) in [6.07, 6.45) is 0.0531. The van der Waals surface area contributed by atoms with Crippen molar-refractivity contribution in [2.45, 2.75) is 20.0 Å². The lowest BCUT2D eigenvalue weighted by Crippen LogP contribution is -2.40. The van der Waals surface area contributed by atoms with Crippen LogP contribution >= 0.6 is 0 Å². The first-order valence-electron chi connectivity index (χ1n) is 7.31. The number of aromatic nitrogens is 1. The van der Waals surface area contributed by atoms with Crippen molar-refractivity contribution in [3.63, 3.8) is 0 Å². The molecule has 0 saturated carbocycles. The average Bonchev–Trinajstić information content (AvgIpc) is 2.47. The predicted octanol–water partition coefficient (Wildman–Crippen LogP) is 1.84. The van der Waals surface area contributed by atoms with Crippen LogP contribution in [0.1, 0.15) is 24.4 Å². The Labute approximate surface area is 121 Å². The molecule has 1 aromatic rings. The Morgan fingerprint density at radius 2 is 2.35 bits per heavy atom. The fourth-order valence-electron chi connectivity index (χ4n) is 2.43. The SMILES string of the molecule is CCOCCN1CCO[C@@H](c2cc(NC)cc(C)n2)C1. The lowest BCUT2D eigenvalue weighted by atomic mass is 10.1. The molecular weight excluding hydrogens is 254 g/mol. The van der Waals surface area contributed by atoms with Crippen molar-refractivity contribution < 1.29 is 9.47 Å². The van der Waals surface area contributed by atoms with Gasteiger partial charge in [-0.05, 0) is 26.0 Å². The topological polar surface area (TPSA) is 46.6 Å². The normalized spacial score (nSPS) is 20.1. The van der Waals surface area contributed by atoms with Crippen LogP contribution in [0.2, 0.25) is 0 Å². The number of hydrogen-bond acceptors (Lipinski definition) is 5. The minimum absolute atomic E-state index is 0.0531. The van der Waals surface area contributed by atoms with Crippen LogP contribution in [0.15, 0.2) is 12.1 Å². The van der Waals surface area contributed by atoms with E-state index in [2.05, 4.69) is 21.3 Å². The largest absolute Gasteiger partial charge is 0.388 e. The zero-order valence-electron chi connectivity index (χ0n) is 12.7. The minimum Gasteiger partial charge on any atom is -0.388 e. The van der Waals surface area contributed by atoms with Gasteiger partial charge in [0.1, 0.15) is 6.10 Å². The molecule has 20 heavy (non-hydrogen) atoms. The van der Waals surface area contributed by atoms with Gasteiger partial charge in [0.15, 0.2) is 0 Å². The second-order valence-corrected chi connectivity index (χ2v) is 5.03. The molecule has 1 aliphatic heterocycles. The predicted molar refractivity (Wildman–Crippen MR) is 80.1 cm³/mol. The van der Waals surface area contributed by atoms with Gasteiger partial charge in [-0.25, -0.2) is 0 Å². The molecule has 0 aliphatic carbocycles. The second kappa shape index (κ2) is 7.57. The first-order valence-corrected chi connectivity index (χ1v) is 7.31. The van der Waals surface area contributed by atoms with Crippen LogP contribution in [0.4, 0.5) is 5.69 Å². The standard InChI is InChI=1S/C15H25N3O2/c1-4-19-7-5-18-6-8-20-15(11-18)14-10-13(16-3)9-12(2)17-14/h9-10,15H,4-8,11H2,1-3H3,(H,16,17)/t15-/m1/s1. The minimum atomic E-state index is 0.0531. The third-order valence-corrected chi connectivity index (χ3v) is 3.50. The molecular formula is C15H25N3O2. The molecule has 1 saturated heterocycles. The second-order valence-electron chi connectivity index (χ2n) is 5.03. The Balaban J connectivity index is 1.99. The summed E-state index contributed by atoms with van der Waals surface area (Å²) < 4.78 is 11.3. The van der Waals surface area contributed by atoms with Crippen molar-refractivity contribution in [2.24, 2.45) is 0 Å². The van der Waals surface area contributed by atoms with E-state index in [1.54, 1.807) is 0 Å². The van der Waals surface area contributed by atoms with E-state index in [4.69, 9.17) is 9.47 Å². The van der Waals surface area contributed by atoms with E-state index in [1.807, 2.05) is 27.0 Å². The van der Waals surface area contributed by atoms with Gasteiger partial charge in [0.2, 0.25) is 0 Å². The van der Waals surface area contributed by atoms with Crippen molar-refractivity contribution in [2.75, 3.05) is 51.8 Å². The van der Waals surface area contributed by atoms with E-state index in [9.17, 15) is 0 Å². The number of nitrogens with one attached hydrogen (secondary N) is 1. The van der Waals surface area contributed by atoms with Gasteiger partial charge in [0.05, 0.1) is 18.9 Å². The molecule has 1 aliphatic rings. The van der Waals surface area contributed by atoms with E-state index in [0.29, 0.717) is 0 Å². The summed E-state index contributed by atoms with van der Waals surface area (Å²) in [6.45, 7) is 9.16. The number of aryl methyl sites for hydroxylation is 1. The Morgan fingerprint density at radius 3 is 3.10 bits per heavy atom. The lowest BCUT2D eigenvalue weighted by molar-refractivity contribution is -0.0391. The van der Waals surface area contributed by atoms with Gasteiger partial charge in [-0.1, -0.05) is 0 Å². The fourth-order valence-corrected chi connectivity index (χ4v) is 2.43. The summed E-state index contributed by atoms with van der Waals surface area (Å²) in [5.41, 5.74) is 3.11. The Bertz CT molecular complexity index is 426. The van der Waals surface area contributed by atoms with Crippen LogP contribution in [0.5, 0.6) is 0 Å². The summed E-state index contributed by atoms with van der Waals surface area (Å²) in [5.74, 6) is 0. The molecule has 1 aromatic heterocycles. The number of rotatable bonds is 6. The van der Waals surface area contributed by atoms with Gasteiger partial charge in [0.25, 0.3) is 0 Å². The molecule has 2 rings (SSSR count). The summed E-state index contributed by atoms with van der Waals surface area (Å²) in [6, 6.07) is 4.11. The summed E-state index contributed by atoms with van der Waals surface area (Å²) in [7, 11) is 1.93. The third-order valence-electron chi connectivity index (χ3n) is 3.50. The Morgan fingerprint density at radius 1 is 1.50 bits per heavy atom. The average molecular weight is 279 g/mol. The smallest absolute Gasteiger partial charge is 0.112 e. The molecule has 1 N–H and O–H groups in total. The highest BCUT2D eigenvalue weighted by atomic mass is 16.5. The maximum Gasteiger partial charge on any atom is 0.112 e. The molecule has 2 heterocycles. The van der Waals surface area contributed by atoms with Crippen molar-refractivity contribution in [1.29, 1.82) is 0 Å². The van der Waals surface area contributed by atoms with Gasteiger partial charge in [0, 0.05) is 44.7 Å². The van der Waals surface area contributed by atoms with Crippen molar-refractivity contribution in [1.82, 2.24) is 9.88 Å². The number of hydrogen-bond donors (Lipinski definition) is 1. The zero-order chi connectivity index (χ0) is 14.4. The molecule has 1 atom stereocenters. The number of morpholine rings is 1. The molecule has 112 valence electrons. The number of ether oxygens (including phenoxy) is 2. The first kappa shape index (κ1) is 15.2. The quantitative estimate of drug-likeness (QED) is 0.805. The summed E-state index contributed by atoms with van der Waals surface area (Å²) in [5, 5.41) is 3.17. The van der Waals surface area contributed by atoms with Gasteiger partial charge in [-0.3, -0.25) is 9.88 Å². The number of pyridine rings is 1. The molecule has 0 bridgehead atoms. The van der Waals surface area contributed by atoms with E-state index >= 15 is 0 Å². The van der Waals surface area contributed by atoms with Crippen LogP contribution in [0, 0.1) is 6.92 Å². The third kappa shape index (κ3) is 4.16. The highest BCUT2D eigenvalue weighted by Gasteiger charge is 2.23. The van der Waals surface area contributed by atoms with Crippen molar-refractivity contribution >= 4 is 5.69 Å². The van der Waals surface area contributed by atoms with Gasteiger partial charge in [-0.15, -0.1) is 0 Å². The Kier molecular flexibility index (Phi) is 5.76. The van der Waals surface area contributed by atoms with Crippen molar-refractivity contribution in [3.8, 4) is 0 Å². The maximum atomic E-state index is 5.88. The van der Waals surface area contributed by atoms with E-state index < -0.39 is 0 Å². The number of anilines is 1. The van der Waals surface area contributed by atoms with E-state index in [-0.39, 0.29) is 6.10 Å². The lowest BCUT2D eigenvalue weighted by Gasteiger charge is -2.32. The molecule has 5 heteroatoms. The van der Waals surface area contributed by atoms with E-state index in [1.165, 1.54) is 0 Å². The summed E-state index contributed by atoms with van der Waals surface area (Å²) >= 11 is 0. The Hall–Kier alpha value is -1.17. The monoisotopic (exact) mass is 279 g/mol. The molecule has 5 nitrogen and oxygen atoms in total. The van der Waals surface area contributed by atoms with Crippen LogP contribution in [0.25, 0.3) is 0 Å². The van der Waals surface area contributed by atoms with Crippen LogP contribution in [0.3, 0.4) is 0 Å². The molecule has 0 amide bonds. The highest BCUT2D eigenvalue weighted by molar-refractivity contribution is 5.45. The fraction of sp³-hybridized carbons (Fsp3) is 0.667. The maximum absolute atomic E-state index is 5.88. The highest BCUT2D eigenvalue weighted by Crippen LogP contribution is 2.23. The van der Waals surface area contributed by atoms with E-state index in [0.717, 1.165) is 56.5 Å². The zero-order valence-corrected chi connectivity index (χ0v) is 12.7. The molecule has 1 fully saturated rings. The van der Waals surface area contributed by atoms with Gasteiger partial charge >= 0.3 is 0 Å². The molecule has 0 aromatic carbocycles. The summed E-state index contributed by atoms with van der Waals surface area (Å²) in [4.78, 5) is 7.00. The van der Waals surface area contributed by atoms with Crippen LogP contribution in [-0.4, -0.2) is 56.4 Å². The first-order chi connectivity index (χ1) is 9.72. The van der Waals surface area contributed by atoms with Gasteiger partial charge < -0.3 is 14.8 Å². The van der Waals surface area contributed by atoms with Gasteiger partial charge in [-0.2, -0.15) is 0 Å². The molecule has 0 unspecified atom stereocenters. The number of nitrogens with zero attached hydrogens (tertiary/aromatic N) is 2. The van der Waals surface area contributed by atoms with Crippen LogP contribution in [-0.2, 0) is 9.47 Å². The van der Waals surface area contributed by atoms with Crippen LogP contribution < -0.4 is 5.32 Å².